The third kappa shape index (κ3) is 5.65. The second-order valence-corrected chi connectivity index (χ2v) is 6.60. The summed E-state index contributed by atoms with van der Waals surface area (Å²) in [6.07, 6.45) is -5.21. The summed E-state index contributed by atoms with van der Waals surface area (Å²) < 4.78 is 59.8. The maximum atomic E-state index is 12.9. The molecular formula is C22H21F3N2O5. The fourth-order valence-corrected chi connectivity index (χ4v) is 2.84. The number of hydrogen-bond donors (Lipinski definition) is 1. The second kappa shape index (κ2) is 10.3. The van der Waals surface area contributed by atoms with Crippen LogP contribution in [0.1, 0.15) is 11.3 Å². The van der Waals surface area contributed by atoms with Crippen molar-refractivity contribution in [1.82, 2.24) is 4.98 Å². The van der Waals surface area contributed by atoms with Gasteiger partial charge in [0.25, 0.3) is 0 Å². The third-order valence-electron chi connectivity index (χ3n) is 4.34. The van der Waals surface area contributed by atoms with Crippen molar-refractivity contribution in [1.29, 1.82) is 0 Å². The van der Waals surface area contributed by atoms with E-state index in [-0.39, 0.29) is 31.2 Å². The van der Waals surface area contributed by atoms with Crippen LogP contribution >= 0.6 is 0 Å². The zero-order valence-electron chi connectivity index (χ0n) is 17.1. The minimum atomic E-state index is -5.21. The normalized spacial score (nSPS) is 11.4. The molecule has 0 amide bonds. The van der Waals surface area contributed by atoms with Crippen LogP contribution in [-0.2, 0) is 22.7 Å². The first kappa shape index (κ1) is 23.3. The lowest BCUT2D eigenvalue weighted by Crippen LogP contribution is -2.29. The van der Waals surface area contributed by atoms with Gasteiger partial charge in [0.1, 0.15) is 24.7 Å². The van der Waals surface area contributed by atoms with Gasteiger partial charge >= 0.3 is 12.1 Å². The number of rotatable bonds is 9. The molecule has 0 aliphatic rings. The fraction of sp³-hybridized carbons (Fsp3) is 0.273. The summed E-state index contributed by atoms with van der Waals surface area (Å²) in [6.45, 7) is 0.333. The Balaban J connectivity index is 2.09. The number of methoxy groups -OCH3 is 1. The number of aromatic nitrogens is 1. The van der Waals surface area contributed by atoms with E-state index >= 15 is 0 Å². The van der Waals surface area contributed by atoms with Crippen molar-refractivity contribution in [2.45, 2.75) is 19.3 Å². The summed E-state index contributed by atoms with van der Waals surface area (Å²) in [7, 11) is 1.53. The molecule has 32 heavy (non-hydrogen) atoms. The zero-order chi connectivity index (χ0) is 23.1. The van der Waals surface area contributed by atoms with Crippen LogP contribution in [0.2, 0.25) is 0 Å². The lowest BCUT2D eigenvalue weighted by Gasteiger charge is -2.18. The molecule has 0 aliphatic carbocycles. The number of nitrogens with two attached hydrogens (primary N) is 1. The smallest absolute Gasteiger partial charge is 0.491 e. The predicted octanol–water partition coefficient (Wildman–Crippen LogP) is 3.77. The summed E-state index contributed by atoms with van der Waals surface area (Å²) in [5.74, 6) is -2.55. The molecule has 10 heteroatoms. The molecule has 7 nitrogen and oxygen atoms in total. The molecule has 0 atom stereocenters. The van der Waals surface area contributed by atoms with E-state index < -0.39 is 17.9 Å². The Labute approximate surface area is 181 Å². The van der Waals surface area contributed by atoms with E-state index in [0.717, 1.165) is 5.56 Å². The number of carbonyl (C=O) groups is 1. The molecule has 0 saturated heterocycles. The third-order valence-corrected chi connectivity index (χ3v) is 4.34. The largest absolute Gasteiger partial charge is 0.491 e. The Morgan fingerprint density at radius 3 is 2.44 bits per heavy atom. The zero-order valence-corrected chi connectivity index (χ0v) is 17.1. The van der Waals surface area contributed by atoms with E-state index in [9.17, 15) is 18.0 Å². The fourth-order valence-electron chi connectivity index (χ4n) is 2.84. The average molecular weight is 450 g/mol. The number of ether oxygens (including phenoxy) is 4. The monoisotopic (exact) mass is 450 g/mol. The van der Waals surface area contributed by atoms with Gasteiger partial charge in [-0.15, -0.1) is 0 Å². The molecule has 0 spiro atoms. The standard InChI is InChI=1S/C22H21F3N2O5/c1-29-9-10-30-15-7-8-17-16(11-15)19(31-13-14-5-3-2-4-6-14)20(18(12-26)27-17)32-21(28)22(23,24)25/h2-8,11H,9-10,12-13,26H2,1H3. The first-order valence-corrected chi connectivity index (χ1v) is 9.57. The van der Waals surface area contributed by atoms with Crippen LogP contribution in [-0.4, -0.2) is 37.5 Å². The number of pyridine rings is 1. The van der Waals surface area contributed by atoms with E-state index in [1.807, 2.05) is 6.07 Å². The van der Waals surface area contributed by atoms with Crippen molar-refractivity contribution >= 4 is 16.9 Å². The highest BCUT2D eigenvalue weighted by Gasteiger charge is 2.42. The molecule has 2 N–H and O–H groups in total. The summed E-state index contributed by atoms with van der Waals surface area (Å²) in [6, 6.07) is 13.8. The van der Waals surface area contributed by atoms with E-state index in [0.29, 0.717) is 23.3 Å². The van der Waals surface area contributed by atoms with Crippen LogP contribution < -0.4 is 19.9 Å². The molecule has 0 radical (unpaired) electrons. The van der Waals surface area contributed by atoms with Crippen molar-refractivity contribution in [2.75, 3.05) is 20.3 Å². The molecule has 0 bridgehead atoms. The molecule has 0 fully saturated rings. The van der Waals surface area contributed by atoms with Crippen molar-refractivity contribution in [3.05, 3.63) is 59.8 Å². The number of esters is 1. The van der Waals surface area contributed by atoms with E-state index in [4.69, 9.17) is 19.9 Å². The molecule has 0 unspecified atom stereocenters. The number of alkyl halides is 3. The number of nitrogens with zero attached hydrogens (tertiary/aromatic N) is 1. The Bertz CT molecular complexity index is 1070. The highest BCUT2D eigenvalue weighted by Crippen LogP contribution is 2.40. The van der Waals surface area contributed by atoms with Gasteiger partial charge in [-0.05, 0) is 23.8 Å². The van der Waals surface area contributed by atoms with Crippen LogP contribution in [0.25, 0.3) is 10.9 Å². The first-order valence-electron chi connectivity index (χ1n) is 9.57. The number of benzene rings is 2. The second-order valence-electron chi connectivity index (χ2n) is 6.60. The molecule has 0 aliphatic heterocycles. The van der Waals surface area contributed by atoms with Gasteiger partial charge in [0.05, 0.1) is 12.1 Å². The van der Waals surface area contributed by atoms with Crippen molar-refractivity contribution in [3.8, 4) is 17.2 Å². The van der Waals surface area contributed by atoms with Gasteiger partial charge in [-0.2, -0.15) is 13.2 Å². The topological polar surface area (TPSA) is 92.9 Å². The van der Waals surface area contributed by atoms with Gasteiger partial charge in [0, 0.05) is 19.0 Å². The van der Waals surface area contributed by atoms with Crippen molar-refractivity contribution < 1.29 is 36.9 Å². The van der Waals surface area contributed by atoms with Crippen LogP contribution in [0.15, 0.2) is 48.5 Å². The molecule has 3 rings (SSSR count). The van der Waals surface area contributed by atoms with Gasteiger partial charge < -0.3 is 24.7 Å². The van der Waals surface area contributed by atoms with Crippen LogP contribution in [0.4, 0.5) is 13.2 Å². The Morgan fingerprint density at radius 1 is 1.03 bits per heavy atom. The van der Waals surface area contributed by atoms with Gasteiger partial charge in [-0.3, -0.25) is 0 Å². The molecular weight excluding hydrogens is 429 g/mol. The van der Waals surface area contributed by atoms with Crippen LogP contribution in [0, 0.1) is 0 Å². The molecule has 1 heterocycles. The quantitative estimate of drug-likeness (QED) is 0.392. The molecule has 0 saturated carbocycles. The summed E-state index contributed by atoms with van der Waals surface area (Å²) >= 11 is 0. The summed E-state index contributed by atoms with van der Waals surface area (Å²) in [5.41, 5.74) is 6.78. The minimum absolute atomic E-state index is 0.00922. The number of hydrogen-bond acceptors (Lipinski definition) is 7. The van der Waals surface area contributed by atoms with Gasteiger partial charge in [-0.25, -0.2) is 9.78 Å². The molecule has 3 aromatic rings. The molecule has 2 aromatic carbocycles. The first-order chi connectivity index (χ1) is 15.3. The summed E-state index contributed by atoms with van der Waals surface area (Å²) in [4.78, 5) is 15.8. The Hall–Kier alpha value is -3.37. The highest BCUT2D eigenvalue weighted by molar-refractivity contribution is 5.91. The average Bonchev–Trinajstić information content (AvgIpc) is 2.78. The number of carbonyl (C=O) groups excluding carboxylic acids is 1. The number of halogens is 3. The van der Waals surface area contributed by atoms with Gasteiger partial charge in [-0.1, -0.05) is 30.3 Å². The lowest BCUT2D eigenvalue weighted by molar-refractivity contribution is -0.189. The predicted molar refractivity (Wildman–Crippen MR) is 109 cm³/mol. The van der Waals surface area contributed by atoms with Crippen molar-refractivity contribution in [3.63, 3.8) is 0 Å². The molecule has 170 valence electrons. The SMILES string of the molecule is COCCOc1ccc2nc(CN)c(OC(=O)C(F)(F)F)c(OCc3ccccc3)c2c1. The maximum absolute atomic E-state index is 12.9. The van der Waals surface area contributed by atoms with Gasteiger partial charge in [0.15, 0.2) is 11.5 Å². The Kier molecular flexibility index (Phi) is 7.49. The van der Waals surface area contributed by atoms with Crippen LogP contribution in [0.5, 0.6) is 17.2 Å². The summed E-state index contributed by atoms with van der Waals surface area (Å²) in [5, 5.41) is 0.304. The highest BCUT2D eigenvalue weighted by atomic mass is 19.4. The minimum Gasteiger partial charge on any atom is -0.491 e. The van der Waals surface area contributed by atoms with E-state index in [2.05, 4.69) is 9.72 Å². The van der Waals surface area contributed by atoms with E-state index in [1.165, 1.54) is 7.11 Å². The molecule has 1 aromatic heterocycles. The van der Waals surface area contributed by atoms with Crippen LogP contribution in [0.3, 0.4) is 0 Å². The maximum Gasteiger partial charge on any atom is 0.491 e. The van der Waals surface area contributed by atoms with Crippen molar-refractivity contribution in [2.24, 2.45) is 5.73 Å². The Morgan fingerprint density at radius 2 is 1.78 bits per heavy atom. The number of fused-ring (bicyclic) bond motifs is 1. The lowest BCUT2D eigenvalue weighted by atomic mass is 10.1. The van der Waals surface area contributed by atoms with Gasteiger partial charge in [0.2, 0.25) is 0 Å². The van der Waals surface area contributed by atoms with E-state index in [1.54, 1.807) is 42.5 Å².